The predicted molar refractivity (Wildman–Crippen MR) is 116 cm³/mol. The van der Waals surface area contributed by atoms with Crippen LogP contribution in [0.5, 0.6) is 5.75 Å². The standard InChI is InChI=1S/C26H24FNO/c1-19(20-9-3-2-4-10-20)28-17-24-23-13-7-5-11-21(23)15-16-26(24)29-18-22-12-6-8-14-25(22)27/h2-16,19,28H,17-18H2,1H3/t19-/m0/s1. The van der Waals surface area contributed by atoms with Crippen LogP contribution in [0.1, 0.15) is 29.7 Å². The van der Waals surface area contributed by atoms with E-state index < -0.39 is 0 Å². The van der Waals surface area contributed by atoms with Gasteiger partial charge in [0, 0.05) is 23.7 Å². The molecule has 3 heteroatoms. The van der Waals surface area contributed by atoms with Gasteiger partial charge < -0.3 is 10.1 Å². The zero-order chi connectivity index (χ0) is 20.1. The summed E-state index contributed by atoms with van der Waals surface area (Å²) < 4.78 is 20.1. The summed E-state index contributed by atoms with van der Waals surface area (Å²) in [5, 5.41) is 5.91. The Balaban J connectivity index is 1.59. The topological polar surface area (TPSA) is 21.3 Å². The summed E-state index contributed by atoms with van der Waals surface area (Å²) >= 11 is 0. The van der Waals surface area contributed by atoms with Crippen LogP contribution in [-0.2, 0) is 13.2 Å². The molecule has 0 spiro atoms. The molecular formula is C26H24FNO. The Morgan fingerprint density at radius 3 is 2.38 bits per heavy atom. The third kappa shape index (κ3) is 4.47. The van der Waals surface area contributed by atoms with Gasteiger partial charge in [-0.3, -0.25) is 0 Å². The molecule has 0 heterocycles. The maximum Gasteiger partial charge on any atom is 0.129 e. The van der Waals surface area contributed by atoms with Crippen molar-refractivity contribution in [3.8, 4) is 5.75 Å². The molecule has 0 unspecified atom stereocenters. The minimum absolute atomic E-state index is 0.201. The lowest BCUT2D eigenvalue weighted by Crippen LogP contribution is -2.18. The van der Waals surface area contributed by atoms with Gasteiger partial charge in [-0.25, -0.2) is 4.39 Å². The minimum atomic E-state index is -0.245. The summed E-state index contributed by atoms with van der Waals surface area (Å²) in [5.74, 6) is 0.533. The molecule has 0 saturated carbocycles. The Bertz CT molecular complexity index is 1090. The summed E-state index contributed by atoms with van der Waals surface area (Å²) in [4.78, 5) is 0. The fourth-order valence-electron chi connectivity index (χ4n) is 3.52. The molecule has 0 aromatic heterocycles. The van der Waals surface area contributed by atoms with Crippen molar-refractivity contribution >= 4 is 10.8 Å². The van der Waals surface area contributed by atoms with Gasteiger partial charge in [0.2, 0.25) is 0 Å². The zero-order valence-corrected chi connectivity index (χ0v) is 16.4. The lowest BCUT2D eigenvalue weighted by molar-refractivity contribution is 0.296. The van der Waals surface area contributed by atoms with Crippen molar-refractivity contribution in [2.45, 2.75) is 26.1 Å². The van der Waals surface area contributed by atoms with Crippen molar-refractivity contribution in [3.05, 3.63) is 114 Å². The van der Waals surface area contributed by atoms with Gasteiger partial charge >= 0.3 is 0 Å². The van der Waals surface area contributed by atoms with Crippen LogP contribution >= 0.6 is 0 Å². The van der Waals surface area contributed by atoms with Crippen LogP contribution in [0.4, 0.5) is 4.39 Å². The molecule has 0 saturated heterocycles. The summed E-state index contributed by atoms with van der Waals surface area (Å²) in [5.41, 5.74) is 2.88. The number of hydrogen-bond acceptors (Lipinski definition) is 2. The molecule has 0 fully saturated rings. The molecule has 0 bridgehead atoms. The molecule has 1 N–H and O–H groups in total. The lowest BCUT2D eigenvalue weighted by Gasteiger charge is -2.18. The van der Waals surface area contributed by atoms with Crippen LogP contribution < -0.4 is 10.1 Å². The number of fused-ring (bicyclic) bond motifs is 1. The van der Waals surface area contributed by atoms with Crippen LogP contribution in [0, 0.1) is 5.82 Å². The number of halogens is 1. The maximum absolute atomic E-state index is 14.0. The van der Waals surface area contributed by atoms with E-state index in [1.165, 1.54) is 11.6 Å². The Morgan fingerprint density at radius 1 is 0.828 bits per heavy atom. The smallest absolute Gasteiger partial charge is 0.129 e. The fourth-order valence-corrected chi connectivity index (χ4v) is 3.52. The highest BCUT2D eigenvalue weighted by Gasteiger charge is 2.12. The third-order valence-electron chi connectivity index (χ3n) is 5.22. The molecule has 0 aliphatic heterocycles. The van der Waals surface area contributed by atoms with Crippen molar-refractivity contribution in [3.63, 3.8) is 0 Å². The molecule has 0 aliphatic rings. The highest BCUT2D eigenvalue weighted by atomic mass is 19.1. The molecule has 29 heavy (non-hydrogen) atoms. The van der Waals surface area contributed by atoms with Crippen molar-refractivity contribution in [1.82, 2.24) is 5.32 Å². The van der Waals surface area contributed by atoms with Crippen molar-refractivity contribution < 1.29 is 9.13 Å². The quantitative estimate of drug-likeness (QED) is 0.397. The Kier molecular flexibility index (Phi) is 5.87. The summed E-state index contributed by atoms with van der Waals surface area (Å²) in [6.45, 7) is 3.01. The molecule has 1 atom stereocenters. The van der Waals surface area contributed by atoms with Gasteiger partial charge in [-0.2, -0.15) is 0 Å². The van der Waals surface area contributed by atoms with Gasteiger partial charge in [-0.05, 0) is 35.4 Å². The Hall–Kier alpha value is -3.17. The maximum atomic E-state index is 14.0. The van der Waals surface area contributed by atoms with Crippen molar-refractivity contribution in [2.75, 3.05) is 0 Å². The van der Waals surface area contributed by atoms with E-state index in [1.807, 2.05) is 42.5 Å². The lowest BCUT2D eigenvalue weighted by atomic mass is 10.0. The SMILES string of the molecule is C[C@H](NCc1c(OCc2ccccc2F)ccc2ccccc12)c1ccccc1. The first-order valence-electron chi connectivity index (χ1n) is 9.87. The molecule has 4 aromatic rings. The molecule has 0 amide bonds. The second-order valence-electron chi connectivity index (χ2n) is 7.16. The average Bonchev–Trinajstić information content (AvgIpc) is 2.77. The molecular weight excluding hydrogens is 361 g/mol. The van der Waals surface area contributed by atoms with E-state index in [0.29, 0.717) is 12.1 Å². The average molecular weight is 385 g/mol. The summed E-state index contributed by atoms with van der Waals surface area (Å²) in [6, 6.07) is 29.6. The van der Waals surface area contributed by atoms with Gasteiger partial charge in [0.15, 0.2) is 0 Å². The summed E-state index contributed by atoms with van der Waals surface area (Å²) in [6.07, 6.45) is 0. The normalized spacial score (nSPS) is 12.1. The predicted octanol–water partition coefficient (Wildman–Crippen LogP) is 6.41. The Morgan fingerprint density at radius 2 is 1.55 bits per heavy atom. The van der Waals surface area contributed by atoms with E-state index in [1.54, 1.807) is 12.1 Å². The number of rotatable bonds is 7. The number of ether oxygens (including phenoxy) is 1. The number of hydrogen-bond donors (Lipinski definition) is 1. The molecule has 146 valence electrons. The molecule has 2 nitrogen and oxygen atoms in total. The van der Waals surface area contributed by atoms with Crippen LogP contribution in [0.3, 0.4) is 0 Å². The minimum Gasteiger partial charge on any atom is -0.488 e. The first kappa shape index (κ1) is 19.2. The monoisotopic (exact) mass is 385 g/mol. The van der Waals surface area contributed by atoms with Crippen LogP contribution in [0.25, 0.3) is 10.8 Å². The van der Waals surface area contributed by atoms with E-state index >= 15 is 0 Å². The van der Waals surface area contributed by atoms with Crippen LogP contribution in [0.15, 0.2) is 91.0 Å². The first-order chi connectivity index (χ1) is 14.2. The van der Waals surface area contributed by atoms with Crippen LogP contribution in [-0.4, -0.2) is 0 Å². The van der Waals surface area contributed by atoms with Gasteiger partial charge in [-0.1, -0.05) is 78.9 Å². The van der Waals surface area contributed by atoms with Gasteiger partial charge in [0.05, 0.1) is 0 Å². The van der Waals surface area contributed by atoms with E-state index in [9.17, 15) is 4.39 Å². The van der Waals surface area contributed by atoms with E-state index in [-0.39, 0.29) is 18.5 Å². The molecule has 4 rings (SSSR count). The highest BCUT2D eigenvalue weighted by molar-refractivity contribution is 5.87. The zero-order valence-electron chi connectivity index (χ0n) is 16.4. The van der Waals surface area contributed by atoms with E-state index in [0.717, 1.165) is 22.1 Å². The second-order valence-corrected chi connectivity index (χ2v) is 7.16. The molecule has 4 aromatic carbocycles. The fraction of sp³-hybridized carbons (Fsp3) is 0.154. The van der Waals surface area contributed by atoms with Crippen LogP contribution in [0.2, 0.25) is 0 Å². The number of nitrogens with one attached hydrogen (secondary N) is 1. The number of benzene rings is 4. The van der Waals surface area contributed by atoms with E-state index in [4.69, 9.17) is 4.74 Å². The largest absolute Gasteiger partial charge is 0.488 e. The van der Waals surface area contributed by atoms with Gasteiger partial charge in [-0.15, -0.1) is 0 Å². The Labute approximate surface area is 171 Å². The van der Waals surface area contributed by atoms with Crippen molar-refractivity contribution in [2.24, 2.45) is 0 Å². The summed E-state index contributed by atoms with van der Waals surface area (Å²) in [7, 11) is 0. The van der Waals surface area contributed by atoms with E-state index in [2.05, 4.69) is 42.6 Å². The van der Waals surface area contributed by atoms with Crippen molar-refractivity contribution in [1.29, 1.82) is 0 Å². The molecule has 0 radical (unpaired) electrons. The first-order valence-corrected chi connectivity index (χ1v) is 9.87. The second kappa shape index (κ2) is 8.89. The van der Waals surface area contributed by atoms with Gasteiger partial charge in [0.25, 0.3) is 0 Å². The third-order valence-corrected chi connectivity index (χ3v) is 5.22. The van der Waals surface area contributed by atoms with Gasteiger partial charge in [0.1, 0.15) is 18.2 Å². The highest BCUT2D eigenvalue weighted by Crippen LogP contribution is 2.29. The molecule has 0 aliphatic carbocycles.